The highest BCUT2D eigenvalue weighted by atomic mass is 79.9. The van der Waals surface area contributed by atoms with Crippen LogP contribution in [-0.2, 0) is 4.79 Å². The number of benzene rings is 1. The summed E-state index contributed by atoms with van der Waals surface area (Å²) in [5, 5.41) is 3.36. The van der Waals surface area contributed by atoms with E-state index in [1.54, 1.807) is 31.5 Å². The first-order valence-corrected chi connectivity index (χ1v) is 7.96. The van der Waals surface area contributed by atoms with Gasteiger partial charge in [-0.2, -0.15) is 0 Å². The molecule has 0 fully saturated rings. The Bertz CT molecular complexity index is 652. The van der Waals surface area contributed by atoms with Crippen LogP contribution in [0.15, 0.2) is 47.2 Å². The minimum absolute atomic E-state index is 0.123. The van der Waals surface area contributed by atoms with Crippen LogP contribution in [0.5, 0.6) is 5.75 Å². The van der Waals surface area contributed by atoms with Gasteiger partial charge in [0.2, 0.25) is 0 Å². The number of amides is 1. The van der Waals surface area contributed by atoms with Crippen LogP contribution in [-0.4, -0.2) is 17.0 Å². The van der Waals surface area contributed by atoms with E-state index in [2.05, 4.69) is 26.2 Å². The van der Waals surface area contributed by atoms with E-state index in [4.69, 9.17) is 16.3 Å². The third kappa shape index (κ3) is 4.45. The van der Waals surface area contributed by atoms with Crippen LogP contribution < -0.4 is 10.1 Å². The average molecular weight is 384 g/mol. The van der Waals surface area contributed by atoms with Crippen LogP contribution >= 0.6 is 27.5 Å². The summed E-state index contributed by atoms with van der Waals surface area (Å²) in [6, 6.07) is 8.86. The SMILES string of the molecule is C[C@H](Oc1ccc(Br)cc1Cl)C(=O)N[C@@H](C)c1ccncc1. The summed E-state index contributed by atoms with van der Waals surface area (Å²) in [5.41, 5.74) is 0.984. The molecule has 22 heavy (non-hydrogen) atoms. The number of rotatable bonds is 5. The fourth-order valence-electron chi connectivity index (χ4n) is 1.88. The monoisotopic (exact) mass is 382 g/mol. The minimum Gasteiger partial charge on any atom is -0.479 e. The molecule has 0 aliphatic heterocycles. The van der Waals surface area contributed by atoms with E-state index < -0.39 is 6.10 Å². The molecular weight excluding hydrogens is 368 g/mol. The Morgan fingerprint density at radius 3 is 2.59 bits per heavy atom. The smallest absolute Gasteiger partial charge is 0.261 e. The lowest BCUT2D eigenvalue weighted by Gasteiger charge is -2.19. The first-order valence-electron chi connectivity index (χ1n) is 6.79. The standard InChI is InChI=1S/C16H16BrClN2O2/c1-10(12-5-7-19-8-6-12)20-16(21)11(2)22-15-4-3-13(17)9-14(15)18/h3-11H,1-2H3,(H,20,21)/t10-,11-/m0/s1. The number of hydrogen-bond acceptors (Lipinski definition) is 3. The Kier molecular flexibility index (Phi) is 5.80. The highest BCUT2D eigenvalue weighted by Crippen LogP contribution is 2.28. The van der Waals surface area contributed by atoms with Gasteiger partial charge < -0.3 is 10.1 Å². The van der Waals surface area contributed by atoms with Crippen molar-refractivity contribution in [1.82, 2.24) is 10.3 Å². The van der Waals surface area contributed by atoms with Crippen molar-refractivity contribution >= 4 is 33.4 Å². The molecule has 0 saturated carbocycles. The van der Waals surface area contributed by atoms with Gasteiger partial charge in [0.1, 0.15) is 5.75 Å². The zero-order valence-electron chi connectivity index (χ0n) is 12.2. The quantitative estimate of drug-likeness (QED) is 0.844. The molecule has 1 N–H and O–H groups in total. The topological polar surface area (TPSA) is 51.2 Å². The Morgan fingerprint density at radius 1 is 1.27 bits per heavy atom. The van der Waals surface area contributed by atoms with Gasteiger partial charge in [-0.3, -0.25) is 9.78 Å². The van der Waals surface area contributed by atoms with E-state index in [1.165, 1.54) is 0 Å². The van der Waals surface area contributed by atoms with Crippen LogP contribution in [0.25, 0.3) is 0 Å². The Morgan fingerprint density at radius 2 is 1.95 bits per heavy atom. The summed E-state index contributed by atoms with van der Waals surface area (Å²) in [4.78, 5) is 16.2. The molecule has 4 nitrogen and oxygen atoms in total. The van der Waals surface area contributed by atoms with Gasteiger partial charge in [0.15, 0.2) is 6.10 Å². The van der Waals surface area contributed by atoms with Gasteiger partial charge in [0, 0.05) is 16.9 Å². The highest BCUT2D eigenvalue weighted by molar-refractivity contribution is 9.10. The second kappa shape index (κ2) is 7.61. The first kappa shape index (κ1) is 16.8. The number of halogens is 2. The third-order valence-corrected chi connectivity index (χ3v) is 3.92. The van der Waals surface area contributed by atoms with Crippen LogP contribution in [0.1, 0.15) is 25.5 Å². The van der Waals surface area contributed by atoms with E-state index in [9.17, 15) is 4.79 Å². The Hall–Kier alpha value is -1.59. The molecule has 1 aromatic heterocycles. The van der Waals surface area contributed by atoms with Crippen molar-refractivity contribution in [3.8, 4) is 5.75 Å². The van der Waals surface area contributed by atoms with E-state index in [0.717, 1.165) is 10.0 Å². The molecule has 6 heteroatoms. The van der Waals surface area contributed by atoms with Crippen LogP contribution in [0, 0.1) is 0 Å². The summed E-state index contributed by atoms with van der Waals surface area (Å²) < 4.78 is 6.48. The molecule has 0 radical (unpaired) electrons. The number of carbonyl (C=O) groups excluding carboxylic acids is 1. The zero-order valence-corrected chi connectivity index (χ0v) is 14.6. The lowest BCUT2D eigenvalue weighted by Crippen LogP contribution is -2.37. The normalized spacial score (nSPS) is 13.3. The first-order chi connectivity index (χ1) is 10.5. The van der Waals surface area contributed by atoms with Gasteiger partial charge in [-0.25, -0.2) is 0 Å². The number of pyridine rings is 1. The lowest BCUT2D eigenvalue weighted by molar-refractivity contribution is -0.127. The fraction of sp³-hybridized carbons (Fsp3) is 0.250. The number of carbonyl (C=O) groups is 1. The minimum atomic E-state index is -0.650. The Balaban J connectivity index is 1.97. The predicted octanol–water partition coefficient (Wildman–Crippen LogP) is 4.14. The molecule has 0 aliphatic carbocycles. The molecule has 0 unspecified atom stereocenters. The molecule has 116 valence electrons. The van der Waals surface area contributed by atoms with Gasteiger partial charge in [0.25, 0.3) is 5.91 Å². The van der Waals surface area contributed by atoms with Crippen LogP contribution in [0.4, 0.5) is 0 Å². The van der Waals surface area contributed by atoms with Crippen molar-refractivity contribution in [3.63, 3.8) is 0 Å². The molecule has 1 heterocycles. The van der Waals surface area contributed by atoms with Crippen molar-refractivity contribution < 1.29 is 9.53 Å². The van der Waals surface area contributed by atoms with Gasteiger partial charge in [-0.1, -0.05) is 27.5 Å². The number of nitrogens with one attached hydrogen (secondary N) is 1. The molecule has 2 aromatic rings. The van der Waals surface area contributed by atoms with Crippen molar-refractivity contribution in [2.24, 2.45) is 0 Å². The summed E-state index contributed by atoms with van der Waals surface area (Å²) in [6.45, 7) is 3.60. The zero-order chi connectivity index (χ0) is 16.1. The molecule has 1 amide bonds. The maximum Gasteiger partial charge on any atom is 0.261 e. The van der Waals surface area contributed by atoms with Gasteiger partial charge >= 0.3 is 0 Å². The van der Waals surface area contributed by atoms with Crippen molar-refractivity contribution in [2.45, 2.75) is 26.0 Å². The fourth-order valence-corrected chi connectivity index (χ4v) is 2.60. The van der Waals surface area contributed by atoms with Gasteiger partial charge in [-0.05, 0) is 49.7 Å². The molecule has 0 aliphatic rings. The van der Waals surface area contributed by atoms with E-state index in [-0.39, 0.29) is 11.9 Å². The molecular formula is C16H16BrClN2O2. The van der Waals surface area contributed by atoms with Crippen molar-refractivity contribution in [3.05, 3.63) is 57.8 Å². The molecule has 0 bridgehead atoms. The summed E-state index contributed by atoms with van der Waals surface area (Å²) in [6.07, 6.45) is 2.74. The lowest BCUT2D eigenvalue weighted by atomic mass is 10.1. The largest absolute Gasteiger partial charge is 0.479 e. The number of ether oxygens (including phenoxy) is 1. The van der Waals surface area contributed by atoms with Gasteiger partial charge in [0.05, 0.1) is 11.1 Å². The molecule has 0 spiro atoms. The third-order valence-electron chi connectivity index (χ3n) is 3.13. The maximum atomic E-state index is 12.2. The molecule has 1 aromatic carbocycles. The second-order valence-corrected chi connectivity index (χ2v) is 6.17. The maximum absolute atomic E-state index is 12.2. The van der Waals surface area contributed by atoms with Gasteiger partial charge in [-0.15, -0.1) is 0 Å². The summed E-state index contributed by atoms with van der Waals surface area (Å²) in [7, 11) is 0. The molecule has 0 saturated heterocycles. The predicted molar refractivity (Wildman–Crippen MR) is 90.0 cm³/mol. The van der Waals surface area contributed by atoms with E-state index in [0.29, 0.717) is 10.8 Å². The van der Waals surface area contributed by atoms with E-state index >= 15 is 0 Å². The number of aromatic nitrogens is 1. The molecule has 2 atom stereocenters. The van der Waals surface area contributed by atoms with Crippen LogP contribution in [0.3, 0.4) is 0 Å². The second-order valence-electron chi connectivity index (χ2n) is 4.85. The average Bonchev–Trinajstić information content (AvgIpc) is 2.50. The Labute approximate surface area is 143 Å². The number of nitrogens with zero attached hydrogens (tertiary/aromatic N) is 1. The summed E-state index contributed by atoms with van der Waals surface area (Å²) in [5.74, 6) is 0.271. The van der Waals surface area contributed by atoms with Crippen LogP contribution in [0.2, 0.25) is 5.02 Å². The van der Waals surface area contributed by atoms with Crippen molar-refractivity contribution in [1.29, 1.82) is 0 Å². The van der Waals surface area contributed by atoms with Crippen molar-refractivity contribution in [2.75, 3.05) is 0 Å². The molecule has 2 rings (SSSR count). The highest BCUT2D eigenvalue weighted by Gasteiger charge is 2.18. The number of hydrogen-bond donors (Lipinski definition) is 1. The summed E-state index contributed by atoms with van der Waals surface area (Å²) >= 11 is 9.41. The van der Waals surface area contributed by atoms with E-state index in [1.807, 2.05) is 25.1 Å².